The highest BCUT2D eigenvalue weighted by molar-refractivity contribution is 6.63. The van der Waals surface area contributed by atoms with Crippen molar-refractivity contribution in [1.82, 2.24) is 15.1 Å². The predicted molar refractivity (Wildman–Crippen MR) is 69.7 cm³/mol. The second-order valence-corrected chi connectivity index (χ2v) is 4.67. The van der Waals surface area contributed by atoms with Crippen LogP contribution in [0.15, 0.2) is 12.4 Å². The van der Waals surface area contributed by atoms with Crippen molar-refractivity contribution < 1.29 is 9.59 Å². The summed E-state index contributed by atoms with van der Waals surface area (Å²) in [6, 6.07) is -0.385. The number of nitrogens with one attached hydrogen (secondary N) is 1. The second-order valence-electron chi connectivity index (χ2n) is 3.81. The molecule has 1 unspecified atom stereocenters. The number of hydrogen-bond acceptors (Lipinski definition) is 3. The molecule has 1 amide bonds. The lowest BCUT2D eigenvalue weighted by Crippen LogP contribution is -2.33. The molecule has 0 saturated heterocycles. The Bertz CT molecular complexity index is 420. The molecule has 1 atom stereocenters. The van der Waals surface area contributed by atoms with E-state index in [2.05, 4.69) is 10.4 Å². The van der Waals surface area contributed by atoms with Crippen molar-refractivity contribution in [2.75, 3.05) is 6.54 Å². The van der Waals surface area contributed by atoms with Crippen LogP contribution in [0.25, 0.3) is 0 Å². The Morgan fingerprint density at radius 3 is 2.78 bits per heavy atom. The zero-order chi connectivity index (χ0) is 13.5. The first-order valence-corrected chi connectivity index (χ1v) is 6.46. The average molecular weight is 292 g/mol. The van der Waals surface area contributed by atoms with Crippen LogP contribution in [0.3, 0.4) is 0 Å². The zero-order valence-corrected chi connectivity index (χ0v) is 11.5. The lowest BCUT2D eigenvalue weighted by molar-refractivity contribution is -0.124. The van der Waals surface area contributed by atoms with Crippen molar-refractivity contribution in [3.63, 3.8) is 0 Å². The Morgan fingerprint density at radius 2 is 2.28 bits per heavy atom. The van der Waals surface area contributed by atoms with E-state index in [-0.39, 0.29) is 18.4 Å². The van der Waals surface area contributed by atoms with Gasteiger partial charge in [0, 0.05) is 19.2 Å². The zero-order valence-electron chi connectivity index (χ0n) is 10.0. The summed E-state index contributed by atoms with van der Waals surface area (Å²) in [6.07, 6.45) is 4.50. The molecule has 1 rings (SSSR count). The average Bonchev–Trinajstić information content (AvgIpc) is 2.72. The predicted octanol–water partition coefficient (Wildman–Crippen LogP) is 2.15. The van der Waals surface area contributed by atoms with Crippen molar-refractivity contribution in [2.45, 2.75) is 32.2 Å². The molecular weight excluding hydrogens is 277 g/mol. The monoisotopic (exact) mass is 291 g/mol. The fraction of sp³-hybridized carbons (Fsp3) is 0.545. The van der Waals surface area contributed by atoms with Gasteiger partial charge in [-0.05, 0) is 24.4 Å². The first-order chi connectivity index (χ1) is 8.54. The smallest absolute Gasteiger partial charge is 0.244 e. The molecule has 5 nitrogen and oxygen atoms in total. The Kier molecular flexibility index (Phi) is 6.15. The van der Waals surface area contributed by atoms with Crippen LogP contribution in [0.2, 0.25) is 5.02 Å². The van der Waals surface area contributed by atoms with Crippen molar-refractivity contribution in [2.24, 2.45) is 0 Å². The van der Waals surface area contributed by atoms with E-state index in [1.807, 2.05) is 6.92 Å². The third-order valence-corrected chi connectivity index (χ3v) is 2.81. The molecule has 18 heavy (non-hydrogen) atoms. The summed E-state index contributed by atoms with van der Waals surface area (Å²) in [7, 11) is 0. The second kappa shape index (κ2) is 7.38. The van der Waals surface area contributed by atoms with E-state index in [9.17, 15) is 9.59 Å². The van der Waals surface area contributed by atoms with E-state index in [1.165, 1.54) is 10.9 Å². The van der Waals surface area contributed by atoms with Crippen LogP contribution in [0.5, 0.6) is 0 Å². The van der Waals surface area contributed by atoms with Crippen LogP contribution in [0, 0.1) is 0 Å². The Labute approximate surface area is 115 Å². The third kappa shape index (κ3) is 4.66. The number of carbonyl (C=O) groups excluding carboxylic acids is 2. The van der Waals surface area contributed by atoms with Crippen molar-refractivity contribution >= 4 is 34.4 Å². The number of carbonyl (C=O) groups is 2. The van der Waals surface area contributed by atoms with E-state index in [4.69, 9.17) is 23.2 Å². The highest BCUT2D eigenvalue weighted by atomic mass is 35.5. The van der Waals surface area contributed by atoms with E-state index in [1.54, 1.807) is 6.20 Å². The summed E-state index contributed by atoms with van der Waals surface area (Å²) in [6.45, 7) is 2.31. The molecule has 0 bridgehead atoms. The lowest BCUT2D eigenvalue weighted by Gasteiger charge is -2.15. The summed E-state index contributed by atoms with van der Waals surface area (Å²) in [5, 5.41) is 6.86. The first kappa shape index (κ1) is 15.0. The van der Waals surface area contributed by atoms with Gasteiger partial charge in [-0.1, -0.05) is 18.5 Å². The van der Waals surface area contributed by atoms with Gasteiger partial charge in [-0.15, -0.1) is 0 Å². The summed E-state index contributed by atoms with van der Waals surface area (Å²) < 4.78 is 1.53. The van der Waals surface area contributed by atoms with Crippen LogP contribution in [0.4, 0.5) is 0 Å². The number of halogens is 2. The summed E-state index contributed by atoms with van der Waals surface area (Å²) in [5.41, 5.74) is 0. The summed E-state index contributed by atoms with van der Waals surface area (Å²) in [5.74, 6) is -0.140. The minimum absolute atomic E-state index is 0.140. The molecule has 7 heteroatoms. The molecule has 0 aromatic carbocycles. The maximum Gasteiger partial charge on any atom is 0.244 e. The topological polar surface area (TPSA) is 64.0 Å². The first-order valence-electron chi connectivity index (χ1n) is 5.70. The molecule has 0 radical (unpaired) electrons. The summed E-state index contributed by atoms with van der Waals surface area (Å²) in [4.78, 5) is 22.4. The lowest BCUT2D eigenvalue weighted by atomic mass is 10.2. The summed E-state index contributed by atoms with van der Waals surface area (Å²) >= 11 is 11.0. The number of rotatable bonds is 7. The van der Waals surface area contributed by atoms with Crippen LogP contribution in [-0.2, 0) is 9.59 Å². The van der Waals surface area contributed by atoms with Gasteiger partial charge in [-0.2, -0.15) is 5.10 Å². The fourth-order valence-electron chi connectivity index (χ4n) is 1.53. The van der Waals surface area contributed by atoms with Gasteiger partial charge in [-0.25, -0.2) is 0 Å². The third-order valence-electron chi connectivity index (χ3n) is 2.43. The maximum atomic E-state index is 11.9. The highest BCUT2D eigenvalue weighted by Gasteiger charge is 2.18. The minimum atomic E-state index is -0.393. The molecule has 0 saturated carbocycles. The van der Waals surface area contributed by atoms with E-state index >= 15 is 0 Å². The van der Waals surface area contributed by atoms with Gasteiger partial charge in [0.1, 0.15) is 6.04 Å². The molecule has 0 aliphatic carbocycles. The molecule has 0 aliphatic rings. The van der Waals surface area contributed by atoms with Crippen LogP contribution in [-0.4, -0.2) is 27.5 Å². The molecule has 1 heterocycles. The van der Waals surface area contributed by atoms with Gasteiger partial charge in [0.05, 0.1) is 11.2 Å². The van der Waals surface area contributed by atoms with Gasteiger partial charge >= 0.3 is 0 Å². The number of amides is 1. The molecule has 0 spiro atoms. The van der Waals surface area contributed by atoms with Gasteiger partial charge in [0.25, 0.3) is 0 Å². The van der Waals surface area contributed by atoms with Crippen molar-refractivity contribution in [3.05, 3.63) is 17.4 Å². The molecule has 1 N–H and O–H groups in total. The SMILES string of the molecule is CCC(C(=O)NCCCC(=O)Cl)n1cc(Cl)cn1. The highest BCUT2D eigenvalue weighted by Crippen LogP contribution is 2.14. The van der Waals surface area contributed by atoms with E-state index in [0.717, 1.165) is 0 Å². The fourth-order valence-corrected chi connectivity index (χ4v) is 1.81. The standard InChI is InChI=1S/C11H15Cl2N3O2/c1-2-9(16-7-8(12)6-15-16)11(18)14-5-3-4-10(13)17/h6-7,9H,2-5H2,1H3,(H,14,18). The van der Waals surface area contributed by atoms with E-state index < -0.39 is 5.24 Å². The molecule has 1 aromatic heterocycles. The number of hydrogen-bond donors (Lipinski definition) is 1. The van der Waals surface area contributed by atoms with Crippen LogP contribution >= 0.6 is 23.2 Å². The number of nitrogens with zero attached hydrogens (tertiary/aromatic N) is 2. The maximum absolute atomic E-state index is 11.9. The normalized spacial score (nSPS) is 12.2. The largest absolute Gasteiger partial charge is 0.354 e. The Hall–Kier alpha value is -1.07. The van der Waals surface area contributed by atoms with Crippen molar-refractivity contribution in [1.29, 1.82) is 0 Å². The number of aromatic nitrogens is 2. The van der Waals surface area contributed by atoms with Gasteiger partial charge < -0.3 is 5.32 Å². The molecule has 1 aromatic rings. The molecular formula is C11H15Cl2N3O2. The Morgan fingerprint density at radius 1 is 1.56 bits per heavy atom. The minimum Gasteiger partial charge on any atom is -0.354 e. The molecule has 0 aliphatic heterocycles. The van der Waals surface area contributed by atoms with Crippen LogP contribution in [0.1, 0.15) is 32.2 Å². The molecule has 100 valence electrons. The van der Waals surface area contributed by atoms with Crippen LogP contribution < -0.4 is 5.32 Å². The van der Waals surface area contributed by atoms with Gasteiger partial charge in [-0.3, -0.25) is 14.3 Å². The van der Waals surface area contributed by atoms with Crippen molar-refractivity contribution in [3.8, 4) is 0 Å². The van der Waals surface area contributed by atoms with Gasteiger partial charge in [0.2, 0.25) is 11.1 Å². The Balaban J connectivity index is 2.45. The quantitative estimate of drug-likeness (QED) is 0.618. The molecule has 0 fully saturated rings. The van der Waals surface area contributed by atoms with E-state index in [0.29, 0.717) is 24.4 Å². The van der Waals surface area contributed by atoms with Gasteiger partial charge in [0.15, 0.2) is 0 Å².